The van der Waals surface area contributed by atoms with E-state index in [-0.39, 0.29) is 35.6 Å². The van der Waals surface area contributed by atoms with Gasteiger partial charge in [0.15, 0.2) is 0 Å². The van der Waals surface area contributed by atoms with Gasteiger partial charge in [0.25, 0.3) is 0 Å². The molecule has 0 aliphatic heterocycles. The summed E-state index contributed by atoms with van der Waals surface area (Å²) in [6.07, 6.45) is 47.6. The van der Waals surface area contributed by atoms with E-state index in [2.05, 4.69) is 0 Å². The molecule has 0 aromatic heterocycles. The summed E-state index contributed by atoms with van der Waals surface area (Å²) in [4.78, 5) is 0. The van der Waals surface area contributed by atoms with Crippen LogP contribution in [0, 0.1) is 0 Å². The Bertz CT molecular complexity index is 464. The molecule has 39 heavy (non-hydrogen) atoms. The van der Waals surface area contributed by atoms with Gasteiger partial charge in [-0.1, -0.05) is 38.5 Å². The zero-order valence-corrected chi connectivity index (χ0v) is 31.0. The van der Waals surface area contributed by atoms with Gasteiger partial charge in [-0.15, -0.1) is 0 Å². The van der Waals surface area contributed by atoms with Gasteiger partial charge in [-0.25, -0.2) is 0 Å². The first-order valence-corrected chi connectivity index (χ1v) is 22.1. The SMILES string of the molecule is C1CCC([PH+](C2CCCCC2)C2CCCCC2)CC1.C1CCC([PH+](C2CCCCC2)C2CCCCC2)CC1.[OsH2]. The monoisotopic (exact) mass is 756 g/mol. The Labute approximate surface area is 261 Å². The van der Waals surface area contributed by atoms with Crippen molar-refractivity contribution in [3.05, 3.63) is 0 Å². The van der Waals surface area contributed by atoms with E-state index in [9.17, 15) is 0 Å². The normalized spacial score (nSPS) is 28.2. The molecule has 0 radical (unpaired) electrons. The van der Waals surface area contributed by atoms with E-state index in [0.29, 0.717) is 0 Å². The van der Waals surface area contributed by atoms with Crippen molar-refractivity contribution in [1.29, 1.82) is 0 Å². The van der Waals surface area contributed by atoms with Gasteiger partial charge in [0.1, 0.15) is 0 Å². The maximum atomic E-state index is 1.63. The Kier molecular flexibility index (Phi) is 16.3. The van der Waals surface area contributed by atoms with Crippen molar-refractivity contribution >= 4 is 15.8 Å². The van der Waals surface area contributed by atoms with E-state index in [1.165, 1.54) is 34.0 Å². The van der Waals surface area contributed by atoms with Gasteiger partial charge in [0.2, 0.25) is 0 Å². The summed E-state index contributed by atoms with van der Waals surface area (Å²) in [5.74, 6) is 0. The minimum atomic E-state index is -0.0465. The second-order valence-corrected chi connectivity index (χ2v) is 21.9. The van der Waals surface area contributed by atoms with Crippen LogP contribution >= 0.6 is 15.8 Å². The molecular weight excluding hydrogens is 685 g/mol. The molecule has 0 aromatic rings. The van der Waals surface area contributed by atoms with Crippen molar-refractivity contribution in [2.45, 2.75) is 227 Å². The third-order valence-electron chi connectivity index (χ3n) is 12.5. The molecule has 0 spiro atoms. The molecule has 6 saturated carbocycles. The van der Waals surface area contributed by atoms with E-state index in [0.717, 1.165) is 0 Å². The van der Waals surface area contributed by atoms with Crippen LogP contribution in [0.15, 0.2) is 0 Å². The molecule has 0 atom stereocenters. The molecule has 0 amide bonds. The Morgan fingerprint density at radius 1 is 0.205 bits per heavy atom. The summed E-state index contributed by atoms with van der Waals surface area (Å²) in [6, 6.07) is 0. The average Bonchev–Trinajstić information content (AvgIpc) is 3.01. The van der Waals surface area contributed by atoms with Crippen LogP contribution in [0.4, 0.5) is 0 Å². The fraction of sp³-hybridized carbons (Fsp3) is 1.00. The standard InChI is InChI=1S/2C18H33P.Os.2H/c2*1-4-10-16(11-5-1)19(17-12-6-2-7-13-17)18-14-8-3-9-15-18;;;/h2*16-18H,1-15H2;;;/p+2. The molecule has 6 rings (SSSR count). The Balaban J connectivity index is 0.000000176. The van der Waals surface area contributed by atoms with Crippen LogP contribution in [0.25, 0.3) is 0 Å². The van der Waals surface area contributed by atoms with Gasteiger partial charge in [-0.3, -0.25) is 0 Å². The number of hydrogen-bond donors (Lipinski definition) is 0. The molecular formula is C36H70OsP2+2. The number of hydrogen-bond acceptors (Lipinski definition) is 0. The van der Waals surface area contributed by atoms with E-state index in [1.54, 1.807) is 193 Å². The summed E-state index contributed by atoms with van der Waals surface area (Å²) in [7, 11) is -0.0930. The van der Waals surface area contributed by atoms with Crippen LogP contribution in [0.5, 0.6) is 0 Å². The third kappa shape index (κ3) is 10.3. The second-order valence-electron chi connectivity index (χ2n) is 15.0. The van der Waals surface area contributed by atoms with E-state index < -0.39 is 0 Å². The zero-order valence-electron chi connectivity index (χ0n) is 26.1. The van der Waals surface area contributed by atoms with Gasteiger partial charge in [-0.2, -0.15) is 0 Å². The summed E-state index contributed by atoms with van der Waals surface area (Å²) in [5, 5.41) is 0. The van der Waals surface area contributed by atoms with Crippen LogP contribution in [0.2, 0.25) is 0 Å². The summed E-state index contributed by atoms with van der Waals surface area (Å²) >= 11 is 0. The first-order valence-electron chi connectivity index (χ1n) is 18.6. The van der Waals surface area contributed by atoms with Gasteiger partial charge in [0.05, 0.1) is 34.0 Å². The maximum absolute atomic E-state index is 1.63. The van der Waals surface area contributed by atoms with E-state index in [4.69, 9.17) is 0 Å². The van der Waals surface area contributed by atoms with Crippen LogP contribution in [0.1, 0.15) is 193 Å². The van der Waals surface area contributed by atoms with Gasteiger partial charge in [0, 0.05) is 15.8 Å². The molecule has 6 aliphatic carbocycles. The molecule has 6 fully saturated rings. The predicted molar refractivity (Wildman–Crippen MR) is 181 cm³/mol. The van der Waals surface area contributed by atoms with Crippen LogP contribution in [-0.2, 0) is 19.8 Å². The Morgan fingerprint density at radius 2 is 0.333 bits per heavy atom. The van der Waals surface area contributed by atoms with Crippen LogP contribution in [0.3, 0.4) is 0 Å². The second kappa shape index (κ2) is 19.0. The van der Waals surface area contributed by atoms with Crippen molar-refractivity contribution in [3.63, 3.8) is 0 Å². The summed E-state index contributed by atoms with van der Waals surface area (Å²) in [5.41, 5.74) is 7.36. The molecule has 3 heteroatoms. The van der Waals surface area contributed by atoms with E-state index in [1.807, 2.05) is 0 Å². The summed E-state index contributed by atoms with van der Waals surface area (Å²) in [6.45, 7) is 0. The molecule has 0 saturated heterocycles. The first-order chi connectivity index (χ1) is 18.9. The average molecular weight is 755 g/mol. The fourth-order valence-electron chi connectivity index (χ4n) is 10.6. The van der Waals surface area contributed by atoms with Crippen molar-refractivity contribution in [1.82, 2.24) is 0 Å². The third-order valence-corrected chi connectivity index (χ3v) is 21.6. The summed E-state index contributed by atoms with van der Waals surface area (Å²) < 4.78 is 0. The first kappa shape index (κ1) is 33.4. The Hall–Kier alpha value is 1.50. The molecule has 230 valence electrons. The zero-order chi connectivity index (χ0) is 25.8. The van der Waals surface area contributed by atoms with Crippen LogP contribution in [-0.4, -0.2) is 34.0 Å². The van der Waals surface area contributed by atoms with Crippen molar-refractivity contribution in [2.24, 2.45) is 0 Å². The molecule has 0 bridgehead atoms. The van der Waals surface area contributed by atoms with Crippen molar-refractivity contribution in [3.8, 4) is 0 Å². The predicted octanol–water partition coefficient (Wildman–Crippen LogP) is 11.9. The fourth-order valence-corrected chi connectivity index (χ4v) is 21.1. The van der Waals surface area contributed by atoms with Gasteiger partial charge >= 0.3 is 19.8 Å². The van der Waals surface area contributed by atoms with E-state index >= 15 is 0 Å². The Morgan fingerprint density at radius 3 is 0.462 bits per heavy atom. The van der Waals surface area contributed by atoms with Gasteiger partial charge < -0.3 is 0 Å². The molecule has 0 heterocycles. The van der Waals surface area contributed by atoms with Crippen LogP contribution < -0.4 is 0 Å². The van der Waals surface area contributed by atoms with Crippen molar-refractivity contribution < 1.29 is 19.8 Å². The van der Waals surface area contributed by atoms with Gasteiger partial charge in [-0.05, 0) is 154 Å². The molecule has 0 N–H and O–H groups in total. The molecule has 6 aliphatic rings. The topological polar surface area (TPSA) is 0 Å². The number of rotatable bonds is 6. The molecule has 0 nitrogen and oxygen atoms in total. The molecule has 0 unspecified atom stereocenters. The minimum absolute atomic E-state index is 0. The van der Waals surface area contributed by atoms with Crippen molar-refractivity contribution in [2.75, 3.05) is 0 Å². The quantitative estimate of drug-likeness (QED) is 0.237. The molecule has 0 aromatic carbocycles.